The molecule has 0 aromatic heterocycles. The quantitative estimate of drug-likeness (QED) is 0.884. The standard InChI is InChI=1S/C17H21NOS/c1-13(18(2)3)12-14-8-4-6-10-16(14)20-17-11-7-5-9-15(17)19/h4-11,13,19H,12H2,1-3H3/p+1/t13-/m0/s1. The first-order chi connectivity index (χ1) is 9.58. The molecule has 2 aromatic rings. The van der Waals surface area contributed by atoms with E-state index in [2.05, 4.69) is 45.3 Å². The summed E-state index contributed by atoms with van der Waals surface area (Å²) in [5.41, 5.74) is 1.34. The predicted molar refractivity (Wildman–Crippen MR) is 84.6 cm³/mol. The third kappa shape index (κ3) is 3.78. The number of rotatable bonds is 5. The van der Waals surface area contributed by atoms with Crippen LogP contribution in [0.1, 0.15) is 12.5 Å². The van der Waals surface area contributed by atoms with Crippen LogP contribution in [-0.4, -0.2) is 25.2 Å². The Morgan fingerprint density at radius 1 is 1.00 bits per heavy atom. The normalized spacial score (nSPS) is 12.6. The average molecular weight is 288 g/mol. The van der Waals surface area contributed by atoms with E-state index in [1.807, 2.05) is 18.2 Å². The molecular weight excluding hydrogens is 266 g/mol. The minimum Gasteiger partial charge on any atom is -0.507 e. The van der Waals surface area contributed by atoms with Gasteiger partial charge in [-0.3, -0.25) is 0 Å². The average Bonchev–Trinajstić information content (AvgIpc) is 2.43. The maximum Gasteiger partial charge on any atom is 0.129 e. The highest BCUT2D eigenvalue weighted by molar-refractivity contribution is 7.99. The Hall–Kier alpha value is -1.45. The molecule has 0 spiro atoms. The number of aromatic hydroxyl groups is 1. The van der Waals surface area contributed by atoms with Crippen LogP contribution in [0.3, 0.4) is 0 Å². The Morgan fingerprint density at radius 2 is 1.60 bits per heavy atom. The van der Waals surface area contributed by atoms with E-state index >= 15 is 0 Å². The van der Waals surface area contributed by atoms with Crippen LogP contribution >= 0.6 is 11.8 Å². The van der Waals surface area contributed by atoms with Crippen molar-refractivity contribution in [2.75, 3.05) is 14.1 Å². The van der Waals surface area contributed by atoms with Crippen molar-refractivity contribution >= 4 is 11.8 Å². The molecule has 20 heavy (non-hydrogen) atoms. The van der Waals surface area contributed by atoms with Crippen LogP contribution in [0, 0.1) is 0 Å². The van der Waals surface area contributed by atoms with Crippen LogP contribution in [0.4, 0.5) is 0 Å². The molecule has 0 aliphatic carbocycles. The van der Waals surface area contributed by atoms with Gasteiger partial charge in [-0.1, -0.05) is 42.1 Å². The molecule has 2 N–H and O–H groups in total. The Morgan fingerprint density at radius 3 is 2.25 bits per heavy atom. The molecule has 0 unspecified atom stereocenters. The zero-order chi connectivity index (χ0) is 14.5. The summed E-state index contributed by atoms with van der Waals surface area (Å²) in [4.78, 5) is 3.58. The van der Waals surface area contributed by atoms with Crippen molar-refractivity contribution in [2.24, 2.45) is 0 Å². The second kappa shape index (κ2) is 6.82. The van der Waals surface area contributed by atoms with Crippen molar-refractivity contribution in [3.8, 4) is 5.75 Å². The Kier molecular flexibility index (Phi) is 5.10. The molecule has 0 radical (unpaired) electrons. The van der Waals surface area contributed by atoms with Gasteiger partial charge in [0.2, 0.25) is 0 Å². The number of nitrogens with one attached hydrogen (secondary N) is 1. The number of para-hydroxylation sites is 1. The second-order valence-corrected chi connectivity index (χ2v) is 6.44. The van der Waals surface area contributed by atoms with E-state index in [1.54, 1.807) is 17.8 Å². The molecule has 3 heteroatoms. The first-order valence-electron chi connectivity index (χ1n) is 6.91. The summed E-state index contributed by atoms with van der Waals surface area (Å²) in [7, 11) is 4.37. The van der Waals surface area contributed by atoms with Crippen LogP contribution < -0.4 is 4.90 Å². The molecule has 0 amide bonds. The van der Waals surface area contributed by atoms with Crippen molar-refractivity contribution in [1.82, 2.24) is 0 Å². The summed E-state index contributed by atoms with van der Waals surface area (Å²) in [6.07, 6.45) is 1.04. The van der Waals surface area contributed by atoms with Crippen molar-refractivity contribution in [1.29, 1.82) is 0 Å². The van der Waals surface area contributed by atoms with Gasteiger partial charge >= 0.3 is 0 Å². The summed E-state index contributed by atoms with van der Waals surface area (Å²) in [5, 5.41) is 9.91. The van der Waals surface area contributed by atoms with Crippen LogP contribution in [0.15, 0.2) is 58.3 Å². The van der Waals surface area contributed by atoms with E-state index in [1.165, 1.54) is 15.4 Å². The largest absolute Gasteiger partial charge is 0.507 e. The molecule has 1 atom stereocenters. The van der Waals surface area contributed by atoms with Gasteiger partial charge in [-0.25, -0.2) is 0 Å². The lowest BCUT2D eigenvalue weighted by atomic mass is 10.1. The SMILES string of the molecule is C[C@@H](Cc1ccccc1Sc1ccccc1O)[NH+](C)C. The Bertz CT molecular complexity index is 568. The molecule has 0 heterocycles. The van der Waals surface area contributed by atoms with Crippen LogP contribution in [0.5, 0.6) is 5.75 Å². The van der Waals surface area contributed by atoms with Gasteiger partial charge in [-0.05, 0) is 30.7 Å². The van der Waals surface area contributed by atoms with E-state index in [0.717, 1.165) is 11.3 Å². The van der Waals surface area contributed by atoms with Gasteiger partial charge in [0.25, 0.3) is 0 Å². The van der Waals surface area contributed by atoms with E-state index in [0.29, 0.717) is 11.8 Å². The molecule has 106 valence electrons. The third-order valence-electron chi connectivity index (χ3n) is 3.57. The smallest absolute Gasteiger partial charge is 0.129 e. The zero-order valence-electron chi connectivity index (χ0n) is 12.3. The maximum atomic E-state index is 9.91. The van der Waals surface area contributed by atoms with Gasteiger partial charge < -0.3 is 10.0 Å². The number of quaternary nitrogens is 1. The van der Waals surface area contributed by atoms with Crippen molar-refractivity contribution in [3.05, 3.63) is 54.1 Å². The van der Waals surface area contributed by atoms with E-state index in [9.17, 15) is 5.11 Å². The Balaban J connectivity index is 2.22. The molecule has 0 bridgehead atoms. The highest BCUT2D eigenvalue weighted by Crippen LogP contribution is 2.35. The first kappa shape index (κ1) is 14.9. The Labute approximate surface area is 125 Å². The van der Waals surface area contributed by atoms with Crippen molar-refractivity contribution in [3.63, 3.8) is 0 Å². The monoisotopic (exact) mass is 288 g/mol. The number of likely N-dealkylation sites (N-methyl/N-ethyl adjacent to an activating group) is 1. The molecule has 0 saturated heterocycles. The van der Waals surface area contributed by atoms with E-state index in [4.69, 9.17) is 0 Å². The lowest BCUT2D eigenvalue weighted by Gasteiger charge is -2.18. The number of hydrogen-bond acceptors (Lipinski definition) is 2. The zero-order valence-corrected chi connectivity index (χ0v) is 13.1. The van der Waals surface area contributed by atoms with E-state index in [-0.39, 0.29) is 0 Å². The second-order valence-electron chi connectivity index (χ2n) is 5.36. The first-order valence-corrected chi connectivity index (χ1v) is 7.73. The number of hydrogen-bond donors (Lipinski definition) is 2. The van der Waals surface area contributed by atoms with Gasteiger partial charge in [-0.2, -0.15) is 0 Å². The number of phenolic OH excluding ortho intramolecular Hbond substituents is 1. The summed E-state index contributed by atoms with van der Waals surface area (Å²) < 4.78 is 0. The fraction of sp³-hybridized carbons (Fsp3) is 0.294. The summed E-state index contributed by atoms with van der Waals surface area (Å²) >= 11 is 1.64. The molecule has 0 aliphatic heterocycles. The highest BCUT2D eigenvalue weighted by atomic mass is 32.2. The van der Waals surface area contributed by atoms with Crippen LogP contribution in [0.2, 0.25) is 0 Å². The summed E-state index contributed by atoms with van der Waals surface area (Å²) in [5.74, 6) is 0.346. The predicted octanol–water partition coefficient (Wildman–Crippen LogP) is 2.62. The van der Waals surface area contributed by atoms with Gasteiger partial charge in [0, 0.05) is 11.3 Å². The van der Waals surface area contributed by atoms with Crippen LogP contribution in [0.25, 0.3) is 0 Å². The molecular formula is C17H22NOS+. The molecule has 2 aromatic carbocycles. The molecule has 2 nitrogen and oxygen atoms in total. The fourth-order valence-corrected chi connectivity index (χ4v) is 2.95. The fourth-order valence-electron chi connectivity index (χ4n) is 1.97. The lowest BCUT2D eigenvalue weighted by Crippen LogP contribution is -3.09. The summed E-state index contributed by atoms with van der Waals surface area (Å²) in [6, 6.07) is 16.5. The topological polar surface area (TPSA) is 24.7 Å². The van der Waals surface area contributed by atoms with Gasteiger partial charge in [0.05, 0.1) is 25.0 Å². The number of phenols is 1. The highest BCUT2D eigenvalue weighted by Gasteiger charge is 2.13. The van der Waals surface area contributed by atoms with Gasteiger partial charge in [-0.15, -0.1) is 0 Å². The molecule has 2 rings (SSSR count). The molecule has 0 aliphatic rings. The van der Waals surface area contributed by atoms with Crippen LogP contribution in [-0.2, 0) is 6.42 Å². The van der Waals surface area contributed by atoms with Crippen molar-refractivity contribution in [2.45, 2.75) is 29.2 Å². The van der Waals surface area contributed by atoms with Gasteiger partial charge in [0.1, 0.15) is 5.75 Å². The minimum absolute atomic E-state index is 0.346. The van der Waals surface area contributed by atoms with Gasteiger partial charge in [0.15, 0.2) is 0 Å². The third-order valence-corrected chi connectivity index (χ3v) is 4.75. The molecule has 0 fully saturated rings. The van der Waals surface area contributed by atoms with Crippen molar-refractivity contribution < 1.29 is 10.0 Å². The summed E-state index contributed by atoms with van der Waals surface area (Å²) in [6.45, 7) is 2.26. The lowest BCUT2D eigenvalue weighted by molar-refractivity contribution is -0.883. The minimum atomic E-state index is 0.346. The maximum absolute atomic E-state index is 9.91. The van der Waals surface area contributed by atoms with E-state index < -0.39 is 0 Å². The molecule has 0 saturated carbocycles. The number of benzene rings is 2.